The normalized spacial score (nSPS) is 23.6. The second-order valence-electron chi connectivity index (χ2n) is 8.28. The Kier molecular flexibility index (Phi) is 4.89. The molecule has 0 bridgehead atoms. The Bertz CT molecular complexity index is 811. The first-order valence-corrected chi connectivity index (χ1v) is 10.1. The molecule has 2 aliphatic rings. The van der Waals surface area contributed by atoms with Crippen LogP contribution in [-0.2, 0) is 9.59 Å². The Hall–Kier alpha value is -2.37. The molecule has 2 saturated heterocycles. The molecule has 3 heterocycles. The summed E-state index contributed by atoms with van der Waals surface area (Å²) in [7, 11) is 0. The molecule has 2 fully saturated rings. The van der Waals surface area contributed by atoms with Gasteiger partial charge in [0.05, 0.1) is 23.0 Å². The highest BCUT2D eigenvalue weighted by atomic mass is 16.2. The third-order valence-electron chi connectivity index (χ3n) is 5.66. The van der Waals surface area contributed by atoms with Crippen molar-refractivity contribution in [2.75, 3.05) is 19.6 Å². The number of para-hydroxylation sites is 2. The summed E-state index contributed by atoms with van der Waals surface area (Å²) in [5.41, 5.74) is 1.94. The summed E-state index contributed by atoms with van der Waals surface area (Å²) in [4.78, 5) is 37.6. The predicted octanol–water partition coefficient (Wildman–Crippen LogP) is 3.12. The maximum absolute atomic E-state index is 13.3. The van der Waals surface area contributed by atoms with Gasteiger partial charge in [-0.15, -0.1) is 0 Å². The van der Waals surface area contributed by atoms with Crippen molar-refractivity contribution < 1.29 is 9.59 Å². The van der Waals surface area contributed by atoms with Gasteiger partial charge in [-0.05, 0) is 37.3 Å². The fourth-order valence-electron chi connectivity index (χ4n) is 4.40. The van der Waals surface area contributed by atoms with Gasteiger partial charge in [-0.25, -0.2) is 4.98 Å². The lowest BCUT2D eigenvalue weighted by Gasteiger charge is -2.36. The number of amides is 2. The maximum Gasteiger partial charge on any atom is 0.228 e. The standard InChI is InChI=1S/C21H28N4O2/c1-14(2)12-24-13-15(11-19(24)26)21(27)25-10-6-5-9-18(25)20-22-16-7-3-4-8-17(16)23-20/h3-4,7-8,14-15,18H,5-6,9-13H2,1-2H3,(H,22,23)/t15-,18+/m0/s1. The Morgan fingerprint density at radius 1 is 1.30 bits per heavy atom. The van der Waals surface area contributed by atoms with Crippen LogP contribution < -0.4 is 0 Å². The smallest absolute Gasteiger partial charge is 0.228 e. The van der Waals surface area contributed by atoms with Gasteiger partial charge in [0.25, 0.3) is 0 Å². The molecule has 2 aromatic rings. The highest BCUT2D eigenvalue weighted by Crippen LogP contribution is 2.33. The third kappa shape index (κ3) is 3.57. The molecule has 1 N–H and O–H groups in total. The summed E-state index contributed by atoms with van der Waals surface area (Å²) in [6.07, 6.45) is 3.37. The van der Waals surface area contributed by atoms with Gasteiger partial charge >= 0.3 is 0 Å². The first kappa shape index (κ1) is 18.0. The van der Waals surface area contributed by atoms with Crippen LogP contribution in [0.25, 0.3) is 11.0 Å². The molecule has 2 atom stereocenters. The zero-order chi connectivity index (χ0) is 19.0. The largest absolute Gasteiger partial charge is 0.342 e. The lowest BCUT2D eigenvalue weighted by Crippen LogP contribution is -2.43. The number of rotatable bonds is 4. The van der Waals surface area contributed by atoms with Gasteiger partial charge in [0.1, 0.15) is 5.82 Å². The van der Waals surface area contributed by atoms with Crippen LogP contribution in [0.5, 0.6) is 0 Å². The van der Waals surface area contributed by atoms with Crippen LogP contribution in [0, 0.1) is 11.8 Å². The molecule has 2 amide bonds. The van der Waals surface area contributed by atoms with Crippen LogP contribution in [0.1, 0.15) is 51.4 Å². The van der Waals surface area contributed by atoms with Crippen molar-refractivity contribution >= 4 is 22.8 Å². The van der Waals surface area contributed by atoms with Crippen LogP contribution in [-0.4, -0.2) is 51.2 Å². The van der Waals surface area contributed by atoms with Crippen LogP contribution in [0.2, 0.25) is 0 Å². The third-order valence-corrected chi connectivity index (χ3v) is 5.66. The van der Waals surface area contributed by atoms with Gasteiger partial charge in [-0.1, -0.05) is 26.0 Å². The zero-order valence-electron chi connectivity index (χ0n) is 16.1. The number of imidazole rings is 1. The van der Waals surface area contributed by atoms with Crippen LogP contribution in [0.4, 0.5) is 0 Å². The van der Waals surface area contributed by atoms with Gasteiger partial charge in [0.2, 0.25) is 11.8 Å². The van der Waals surface area contributed by atoms with Crippen molar-refractivity contribution in [3.8, 4) is 0 Å². The number of aromatic nitrogens is 2. The van der Waals surface area contributed by atoms with Crippen molar-refractivity contribution in [2.24, 2.45) is 11.8 Å². The number of aromatic amines is 1. The van der Waals surface area contributed by atoms with E-state index < -0.39 is 0 Å². The molecular weight excluding hydrogens is 340 g/mol. The molecule has 1 aromatic heterocycles. The number of carbonyl (C=O) groups is 2. The number of hydrogen-bond acceptors (Lipinski definition) is 3. The Morgan fingerprint density at radius 2 is 2.11 bits per heavy atom. The predicted molar refractivity (Wildman–Crippen MR) is 104 cm³/mol. The average Bonchev–Trinajstić information content (AvgIpc) is 3.24. The summed E-state index contributed by atoms with van der Waals surface area (Å²) < 4.78 is 0. The van der Waals surface area contributed by atoms with E-state index in [0.717, 1.165) is 49.2 Å². The molecule has 2 aliphatic heterocycles. The van der Waals surface area contributed by atoms with Gasteiger partial charge < -0.3 is 14.8 Å². The summed E-state index contributed by atoms with van der Waals surface area (Å²) in [6, 6.07) is 7.95. The van der Waals surface area contributed by atoms with Gasteiger partial charge in [-0.3, -0.25) is 9.59 Å². The minimum atomic E-state index is -0.221. The van der Waals surface area contributed by atoms with E-state index in [9.17, 15) is 9.59 Å². The van der Waals surface area contributed by atoms with Gasteiger partial charge in [0, 0.05) is 26.1 Å². The van der Waals surface area contributed by atoms with Crippen molar-refractivity contribution in [3.63, 3.8) is 0 Å². The number of hydrogen-bond donors (Lipinski definition) is 1. The molecule has 0 radical (unpaired) electrons. The fourth-order valence-corrected chi connectivity index (χ4v) is 4.40. The second-order valence-corrected chi connectivity index (χ2v) is 8.28. The van der Waals surface area contributed by atoms with E-state index >= 15 is 0 Å². The molecular formula is C21H28N4O2. The lowest BCUT2D eigenvalue weighted by molar-refractivity contribution is -0.139. The Morgan fingerprint density at radius 3 is 2.89 bits per heavy atom. The van der Waals surface area contributed by atoms with Crippen molar-refractivity contribution in [1.29, 1.82) is 0 Å². The van der Waals surface area contributed by atoms with E-state index in [1.807, 2.05) is 34.1 Å². The Labute approximate surface area is 159 Å². The second kappa shape index (κ2) is 7.33. The fraction of sp³-hybridized carbons (Fsp3) is 0.571. The number of H-pyrrole nitrogens is 1. The number of nitrogens with zero attached hydrogens (tertiary/aromatic N) is 3. The van der Waals surface area contributed by atoms with Crippen molar-refractivity contribution in [3.05, 3.63) is 30.1 Å². The van der Waals surface area contributed by atoms with Crippen molar-refractivity contribution in [1.82, 2.24) is 19.8 Å². The van der Waals surface area contributed by atoms with E-state index in [4.69, 9.17) is 4.98 Å². The lowest BCUT2D eigenvalue weighted by atomic mass is 9.98. The molecule has 27 heavy (non-hydrogen) atoms. The van der Waals surface area contributed by atoms with Crippen LogP contribution in [0.15, 0.2) is 24.3 Å². The first-order chi connectivity index (χ1) is 13.0. The molecule has 6 heteroatoms. The molecule has 6 nitrogen and oxygen atoms in total. The summed E-state index contributed by atoms with van der Waals surface area (Å²) in [5.74, 6) is 1.29. The number of nitrogens with one attached hydrogen (secondary N) is 1. The van der Waals surface area contributed by atoms with E-state index in [1.165, 1.54) is 0 Å². The summed E-state index contributed by atoms with van der Waals surface area (Å²) in [5, 5.41) is 0. The van der Waals surface area contributed by atoms with E-state index in [0.29, 0.717) is 18.9 Å². The maximum atomic E-state index is 13.3. The number of carbonyl (C=O) groups excluding carboxylic acids is 2. The number of benzene rings is 1. The quantitative estimate of drug-likeness (QED) is 0.901. The Balaban J connectivity index is 1.54. The first-order valence-electron chi connectivity index (χ1n) is 10.1. The van der Waals surface area contributed by atoms with Crippen molar-refractivity contribution in [2.45, 2.75) is 45.6 Å². The van der Waals surface area contributed by atoms with E-state index in [2.05, 4.69) is 18.8 Å². The highest BCUT2D eigenvalue weighted by molar-refractivity contribution is 5.89. The molecule has 1 aromatic carbocycles. The van der Waals surface area contributed by atoms with Gasteiger partial charge in [0.15, 0.2) is 0 Å². The molecule has 0 saturated carbocycles. The summed E-state index contributed by atoms with van der Waals surface area (Å²) in [6.45, 7) is 6.24. The highest BCUT2D eigenvalue weighted by Gasteiger charge is 2.40. The monoisotopic (exact) mass is 368 g/mol. The van der Waals surface area contributed by atoms with Crippen LogP contribution in [0.3, 0.4) is 0 Å². The number of likely N-dealkylation sites (tertiary alicyclic amines) is 2. The molecule has 4 rings (SSSR count). The SMILES string of the molecule is CC(C)CN1C[C@@H](C(=O)N2CCCC[C@@H]2c2nc3ccccc3[nH]2)CC1=O. The number of fused-ring (bicyclic) bond motifs is 1. The van der Waals surface area contributed by atoms with Crippen LogP contribution >= 0.6 is 0 Å². The molecule has 0 aliphatic carbocycles. The summed E-state index contributed by atoms with van der Waals surface area (Å²) >= 11 is 0. The van der Waals surface area contributed by atoms with Gasteiger partial charge in [-0.2, -0.15) is 0 Å². The minimum absolute atomic E-state index is 0.0205. The molecule has 0 spiro atoms. The average molecular weight is 368 g/mol. The zero-order valence-corrected chi connectivity index (χ0v) is 16.1. The van der Waals surface area contributed by atoms with E-state index in [-0.39, 0.29) is 23.8 Å². The number of piperidine rings is 1. The topological polar surface area (TPSA) is 69.3 Å². The minimum Gasteiger partial charge on any atom is -0.342 e. The van der Waals surface area contributed by atoms with E-state index in [1.54, 1.807) is 0 Å². The molecule has 0 unspecified atom stereocenters. The molecule has 144 valence electrons.